The Kier molecular flexibility index (Phi) is 4.14. The molecule has 19 heavy (non-hydrogen) atoms. The van der Waals surface area contributed by atoms with Crippen LogP contribution in [0, 0.1) is 5.82 Å². The van der Waals surface area contributed by atoms with Gasteiger partial charge in [0, 0.05) is 25.0 Å². The van der Waals surface area contributed by atoms with E-state index >= 15 is 0 Å². The molecule has 0 aliphatic carbocycles. The van der Waals surface area contributed by atoms with E-state index in [2.05, 4.69) is 21.8 Å². The molecular weight excluding hydrogens is 245 g/mol. The summed E-state index contributed by atoms with van der Waals surface area (Å²) in [5, 5.41) is 0.805. The minimum atomic E-state index is -0.407. The van der Waals surface area contributed by atoms with E-state index in [0.717, 1.165) is 30.6 Å². The van der Waals surface area contributed by atoms with Gasteiger partial charge in [-0.1, -0.05) is 13.3 Å². The van der Waals surface area contributed by atoms with E-state index in [0.29, 0.717) is 5.52 Å². The zero-order valence-corrected chi connectivity index (χ0v) is 11.5. The number of hydrogen-bond donors (Lipinski definition) is 0. The summed E-state index contributed by atoms with van der Waals surface area (Å²) in [7, 11) is 3.43. The van der Waals surface area contributed by atoms with Crippen LogP contribution in [0.1, 0.15) is 19.8 Å². The number of hydrogen-bond acceptors (Lipinski definition) is 4. The minimum Gasteiger partial charge on any atom is -0.494 e. The quantitative estimate of drug-likeness (QED) is 0.831. The average Bonchev–Trinajstić information content (AvgIpc) is 2.43. The molecule has 0 spiro atoms. The number of nitrogens with zero attached hydrogens (tertiary/aromatic N) is 3. The van der Waals surface area contributed by atoms with Gasteiger partial charge in [-0.15, -0.1) is 0 Å². The van der Waals surface area contributed by atoms with Gasteiger partial charge in [0.1, 0.15) is 12.1 Å². The third kappa shape index (κ3) is 2.75. The zero-order valence-electron chi connectivity index (χ0n) is 11.5. The van der Waals surface area contributed by atoms with E-state index in [4.69, 9.17) is 4.74 Å². The molecule has 0 fully saturated rings. The molecule has 0 bridgehead atoms. The largest absolute Gasteiger partial charge is 0.494 e. The van der Waals surface area contributed by atoms with E-state index in [1.165, 1.54) is 19.5 Å². The smallest absolute Gasteiger partial charge is 0.167 e. The Morgan fingerprint density at radius 1 is 1.32 bits per heavy atom. The molecule has 0 amide bonds. The average molecular weight is 263 g/mol. The molecule has 1 heterocycles. The second kappa shape index (κ2) is 5.82. The second-order valence-electron chi connectivity index (χ2n) is 4.48. The van der Waals surface area contributed by atoms with Gasteiger partial charge in [0.2, 0.25) is 0 Å². The van der Waals surface area contributed by atoms with Crippen molar-refractivity contribution in [1.82, 2.24) is 9.97 Å². The number of rotatable bonds is 5. The Balaban J connectivity index is 2.49. The molecule has 1 aromatic heterocycles. The van der Waals surface area contributed by atoms with Crippen LogP contribution in [0.15, 0.2) is 18.5 Å². The number of ether oxygens (including phenoxy) is 1. The van der Waals surface area contributed by atoms with Crippen molar-refractivity contribution in [3.05, 3.63) is 24.3 Å². The molecule has 0 aliphatic heterocycles. The van der Waals surface area contributed by atoms with Crippen LogP contribution >= 0.6 is 0 Å². The Hall–Kier alpha value is -1.91. The number of unbranched alkanes of at least 4 members (excludes halogenated alkanes) is 1. The predicted molar refractivity (Wildman–Crippen MR) is 74.2 cm³/mol. The topological polar surface area (TPSA) is 38.2 Å². The van der Waals surface area contributed by atoms with Crippen molar-refractivity contribution in [3.63, 3.8) is 0 Å². The maximum Gasteiger partial charge on any atom is 0.167 e. The highest BCUT2D eigenvalue weighted by Gasteiger charge is 2.12. The summed E-state index contributed by atoms with van der Waals surface area (Å²) < 4.78 is 18.7. The zero-order chi connectivity index (χ0) is 13.8. The molecule has 0 unspecified atom stereocenters. The van der Waals surface area contributed by atoms with Gasteiger partial charge in [-0.2, -0.15) is 0 Å². The van der Waals surface area contributed by atoms with E-state index in [9.17, 15) is 4.39 Å². The molecule has 0 saturated heterocycles. The highest BCUT2D eigenvalue weighted by molar-refractivity contribution is 5.90. The second-order valence-corrected chi connectivity index (χ2v) is 4.48. The summed E-state index contributed by atoms with van der Waals surface area (Å²) in [6, 6.07) is 3.04. The first-order valence-electron chi connectivity index (χ1n) is 6.36. The van der Waals surface area contributed by atoms with Crippen molar-refractivity contribution in [2.24, 2.45) is 0 Å². The number of fused-ring (bicyclic) bond motifs is 1. The standard InChI is InChI=1S/C14H18FN3O/c1-4-5-6-18(2)14-10-7-13(19-3)11(15)8-12(10)16-9-17-14/h7-9H,4-6H2,1-3H3. The van der Waals surface area contributed by atoms with E-state index < -0.39 is 5.82 Å². The number of methoxy groups -OCH3 is 1. The van der Waals surface area contributed by atoms with Crippen LogP contribution < -0.4 is 9.64 Å². The van der Waals surface area contributed by atoms with Crippen molar-refractivity contribution < 1.29 is 9.13 Å². The molecule has 0 radical (unpaired) electrons. The number of aromatic nitrogens is 2. The van der Waals surface area contributed by atoms with Gasteiger partial charge in [0.25, 0.3) is 0 Å². The van der Waals surface area contributed by atoms with Gasteiger partial charge >= 0.3 is 0 Å². The normalized spacial score (nSPS) is 10.7. The molecule has 2 aromatic rings. The van der Waals surface area contributed by atoms with Crippen molar-refractivity contribution in [2.75, 3.05) is 25.6 Å². The maximum atomic E-state index is 13.7. The lowest BCUT2D eigenvalue weighted by Crippen LogP contribution is -2.20. The molecule has 2 rings (SSSR count). The summed E-state index contributed by atoms with van der Waals surface area (Å²) in [5.74, 6) is 0.611. The van der Waals surface area contributed by atoms with Crippen LogP contribution in [0.4, 0.5) is 10.2 Å². The Labute approximate surface area is 112 Å². The van der Waals surface area contributed by atoms with Gasteiger partial charge in [-0.25, -0.2) is 14.4 Å². The molecule has 102 valence electrons. The molecule has 0 N–H and O–H groups in total. The van der Waals surface area contributed by atoms with Gasteiger partial charge in [0.15, 0.2) is 11.6 Å². The summed E-state index contributed by atoms with van der Waals surface area (Å²) in [6.45, 7) is 3.05. The fourth-order valence-corrected chi connectivity index (χ4v) is 2.01. The number of benzene rings is 1. The number of halogens is 1. The SMILES string of the molecule is CCCCN(C)c1ncnc2cc(F)c(OC)cc12. The van der Waals surface area contributed by atoms with Crippen LogP contribution in [0.2, 0.25) is 0 Å². The lowest BCUT2D eigenvalue weighted by molar-refractivity contribution is 0.387. The highest BCUT2D eigenvalue weighted by atomic mass is 19.1. The van der Waals surface area contributed by atoms with Crippen LogP contribution in [-0.2, 0) is 0 Å². The maximum absolute atomic E-state index is 13.7. The first kappa shape index (κ1) is 13.5. The Morgan fingerprint density at radius 2 is 2.11 bits per heavy atom. The van der Waals surface area contributed by atoms with Crippen LogP contribution in [0.5, 0.6) is 5.75 Å². The third-order valence-electron chi connectivity index (χ3n) is 3.10. The molecule has 4 nitrogen and oxygen atoms in total. The van der Waals surface area contributed by atoms with Gasteiger partial charge in [0.05, 0.1) is 12.6 Å². The summed E-state index contributed by atoms with van der Waals surface area (Å²) in [4.78, 5) is 10.5. The van der Waals surface area contributed by atoms with E-state index in [1.807, 2.05) is 7.05 Å². The van der Waals surface area contributed by atoms with Gasteiger partial charge < -0.3 is 9.64 Å². The molecule has 0 saturated carbocycles. The van der Waals surface area contributed by atoms with Crippen molar-refractivity contribution in [1.29, 1.82) is 0 Å². The molecular formula is C14H18FN3O. The molecule has 0 aliphatic rings. The molecule has 5 heteroatoms. The van der Waals surface area contributed by atoms with Gasteiger partial charge in [-0.05, 0) is 12.5 Å². The van der Waals surface area contributed by atoms with Crippen LogP contribution in [-0.4, -0.2) is 30.7 Å². The number of anilines is 1. The summed E-state index contributed by atoms with van der Waals surface area (Å²) in [6.07, 6.45) is 3.66. The third-order valence-corrected chi connectivity index (χ3v) is 3.10. The van der Waals surface area contributed by atoms with Crippen molar-refractivity contribution >= 4 is 16.7 Å². The van der Waals surface area contributed by atoms with Gasteiger partial charge in [-0.3, -0.25) is 0 Å². The summed E-state index contributed by atoms with van der Waals surface area (Å²) >= 11 is 0. The van der Waals surface area contributed by atoms with Crippen molar-refractivity contribution in [3.8, 4) is 5.75 Å². The van der Waals surface area contributed by atoms with Crippen LogP contribution in [0.3, 0.4) is 0 Å². The fourth-order valence-electron chi connectivity index (χ4n) is 2.01. The lowest BCUT2D eigenvalue weighted by Gasteiger charge is -2.19. The predicted octanol–water partition coefficient (Wildman–Crippen LogP) is 3.01. The van der Waals surface area contributed by atoms with E-state index in [-0.39, 0.29) is 5.75 Å². The first-order chi connectivity index (χ1) is 9.17. The Morgan fingerprint density at radius 3 is 2.79 bits per heavy atom. The molecule has 1 aromatic carbocycles. The van der Waals surface area contributed by atoms with Crippen LogP contribution in [0.25, 0.3) is 10.9 Å². The fraction of sp³-hybridized carbons (Fsp3) is 0.429. The van der Waals surface area contributed by atoms with Crippen molar-refractivity contribution in [2.45, 2.75) is 19.8 Å². The highest BCUT2D eigenvalue weighted by Crippen LogP contribution is 2.28. The Bertz CT molecular complexity index is 574. The minimum absolute atomic E-state index is 0.215. The summed E-state index contributed by atoms with van der Waals surface area (Å²) in [5.41, 5.74) is 0.589. The first-order valence-corrected chi connectivity index (χ1v) is 6.36. The van der Waals surface area contributed by atoms with E-state index in [1.54, 1.807) is 6.07 Å². The lowest BCUT2D eigenvalue weighted by atomic mass is 10.2. The molecule has 0 atom stereocenters. The monoisotopic (exact) mass is 263 g/mol.